The normalized spacial score (nSPS) is 19.4. The van der Waals surface area contributed by atoms with E-state index in [-0.39, 0.29) is 11.8 Å². The van der Waals surface area contributed by atoms with Gasteiger partial charge < -0.3 is 4.90 Å². The van der Waals surface area contributed by atoms with Crippen LogP contribution in [0.1, 0.15) is 18.4 Å². The number of hydrogen-bond donors (Lipinski definition) is 1. The summed E-state index contributed by atoms with van der Waals surface area (Å²) >= 11 is 0. The summed E-state index contributed by atoms with van der Waals surface area (Å²) < 4.78 is 0. The predicted octanol–water partition coefficient (Wildman–Crippen LogP) is 1.07. The number of rotatable bonds is 3. The molecule has 4 nitrogen and oxygen atoms in total. The fourth-order valence-electron chi connectivity index (χ4n) is 2.06. The van der Waals surface area contributed by atoms with Gasteiger partial charge in [0.2, 0.25) is 5.91 Å². The molecule has 1 aliphatic rings. The number of carbonyl (C=O) groups excluding carboxylic acids is 1. The Hall–Kier alpha value is -1.39. The summed E-state index contributed by atoms with van der Waals surface area (Å²) in [5, 5.41) is 2.02. The highest BCUT2D eigenvalue weighted by molar-refractivity contribution is 5.82. The summed E-state index contributed by atoms with van der Waals surface area (Å²) in [6, 6.07) is 9.89. The molecule has 0 saturated carbocycles. The van der Waals surface area contributed by atoms with Crippen molar-refractivity contribution >= 4 is 5.91 Å². The zero-order valence-corrected chi connectivity index (χ0v) is 11.1. The van der Waals surface area contributed by atoms with Crippen molar-refractivity contribution < 1.29 is 4.79 Å². The van der Waals surface area contributed by atoms with Crippen LogP contribution < -0.4 is 5.43 Å². The fraction of sp³-hybridized carbons (Fsp3) is 0.500. The third kappa shape index (κ3) is 3.31. The maximum atomic E-state index is 12.1. The minimum Gasteiger partial charge on any atom is -0.304 e. The molecule has 1 aromatic carbocycles. The Morgan fingerprint density at radius 2 is 1.78 bits per heavy atom. The van der Waals surface area contributed by atoms with E-state index in [2.05, 4.69) is 17.4 Å². The van der Waals surface area contributed by atoms with E-state index >= 15 is 0 Å². The van der Waals surface area contributed by atoms with Crippen LogP contribution in [0.4, 0.5) is 0 Å². The molecule has 1 aliphatic heterocycles. The summed E-state index contributed by atoms with van der Waals surface area (Å²) in [5.74, 6) is -0.0309. The topological polar surface area (TPSA) is 35.6 Å². The average Bonchev–Trinajstić information content (AvgIpc) is 2.41. The van der Waals surface area contributed by atoms with Crippen LogP contribution in [0.25, 0.3) is 0 Å². The number of hydrogen-bond acceptors (Lipinski definition) is 3. The summed E-state index contributed by atoms with van der Waals surface area (Å²) in [7, 11) is 2.10. The molecular formula is C14H21N3O. The lowest BCUT2D eigenvalue weighted by atomic mass is 10.0. The van der Waals surface area contributed by atoms with Gasteiger partial charge in [0.05, 0.1) is 5.92 Å². The molecule has 1 fully saturated rings. The molecule has 4 heteroatoms. The quantitative estimate of drug-likeness (QED) is 0.868. The minimum absolute atomic E-state index is 0.0748. The first-order valence-corrected chi connectivity index (χ1v) is 6.46. The second-order valence-electron chi connectivity index (χ2n) is 4.90. The van der Waals surface area contributed by atoms with Gasteiger partial charge in [-0.2, -0.15) is 0 Å². The molecule has 0 bridgehead atoms. The van der Waals surface area contributed by atoms with Crippen LogP contribution in [-0.4, -0.2) is 49.0 Å². The monoisotopic (exact) mass is 247 g/mol. The smallest absolute Gasteiger partial charge is 0.241 e. The van der Waals surface area contributed by atoms with Crippen LogP contribution in [-0.2, 0) is 4.79 Å². The van der Waals surface area contributed by atoms with Gasteiger partial charge in [-0.1, -0.05) is 30.3 Å². The Kier molecular flexibility index (Phi) is 4.33. The summed E-state index contributed by atoms with van der Waals surface area (Å²) in [5.41, 5.74) is 4.06. The molecule has 98 valence electrons. The van der Waals surface area contributed by atoms with Crippen LogP contribution in [0.5, 0.6) is 0 Å². The van der Waals surface area contributed by atoms with E-state index in [1.54, 1.807) is 0 Å². The first-order chi connectivity index (χ1) is 8.66. The number of carbonyl (C=O) groups is 1. The molecule has 18 heavy (non-hydrogen) atoms. The first kappa shape index (κ1) is 13.1. The Labute approximate surface area is 109 Å². The van der Waals surface area contributed by atoms with Gasteiger partial charge in [-0.25, -0.2) is 5.01 Å². The van der Waals surface area contributed by atoms with Gasteiger partial charge in [0.25, 0.3) is 0 Å². The van der Waals surface area contributed by atoms with E-state index in [9.17, 15) is 4.79 Å². The summed E-state index contributed by atoms with van der Waals surface area (Å²) in [4.78, 5) is 14.4. The highest BCUT2D eigenvalue weighted by Gasteiger charge is 2.20. The number of amides is 1. The molecule has 1 heterocycles. The molecule has 1 aromatic rings. The van der Waals surface area contributed by atoms with E-state index in [1.165, 1.54) is 0 Å². The number of piperazine rings is 1. The lowest BCUT2D eigenvalue weighted by Gasteiger charge is -2.33. The van der Waals surface area contributed by atoms with E-state index in [0.29, 0.717) is 0 Å². The van der Waals surface area contributed by atoms with Crippen molar-refractivity contribution in [2.24, 2.45) is 0 Å². The number of nitrogens with zero attached hydrogens (tertiary/aromatic N) is 2. The van der Waals surface area contributed by atoms with Crippen molar-refractivity contribution in [3.05, 3.63) is 35.9 Å². The SMILES string of the molecule is CC(C(=O)NN1CCN(C)CC1)c1ccccc1. The largest absolute Gasteiger partial charge is 0.304 e. The molecule has 1 N–H and O–H groups in total. The van der Waals surface area contributed by atoms with E-state index in [1.807, 2.05) is 42.3 Å². The second kappa shape index (κ2) is 5.98. The van der Waals surface area contributed by atoms with Crippen molar-refractivity contribution in [3.8, 4) is 0 Å². The van der Waals surface area contributed by atoms with Crippen LogP contribution in [0.3, 0.4) is 0 Å². The zero-order chi connectivity index (χ0) is 13.0. The van der Waals surface area contributed by atoms with Gasteiger partial charge in [0.1, 0.15) is 0 Å². The number of hydrazine groups is 1. The first-order valence-electron chi connectivity index (χ1n) is 6.46. The second-order valence-corrected chi connectivity index (χ2v) is 4.90. The zero-order valence-electron chi connectivity index (χ0n) is 11.1. The molecule has 1 saturated heterocycles. The van der Waals surface area contributed by atoms with Gasteiger partial charge in [-0.3, -0.25) is 10.2 Å². The Morgan fingerprint density at radius 1 is 1.17 bits per heavy atom. The molecule has 0 aliphatic carbocycles. The lowest BCUT2D eigenvalue weighted by Crippen LogP contribution is -2.53. The van der Waals surface area contributed by atoms with Crippen LogP contribution >= 0.6 is 0 Å². The van der Waals surface area contributed by atoms with Crippen molar-refractivity contribution in [2.75, 3.05) is 33.2 Å². The van der Waals surface area contributed by atoms with E-state index in [4.69, 9.17) is 0 Å². The molecule has 0 radical (unpaired) electrons. The van der Waals surface area contributed by atoms with Crippen LogP contribution in [0.2, 0.25) is 0 Å². The molecule has 2 rings (SSSR count). The molecule has 1 unspecified atom stereocenters. The van der Waals surface area contributed by atoms with Crippen molar-refractivity contribution in [3.63, 3.8) is 0 Å². The molecule has 1 amide bonds. The van der Waals surface area contributed by atoms with Crippen molar-refractivity contribution in [1.29, 1.82) is 0 Å². The van der Waals surface area contributed by atoms with Crippen LogP contribution in [0, 0.1) is 0 Å². The lowest BCUT2D eigenvalue weighted by molar-refractivity contribution is -0.127. The number of likely N-dealkylation sites (N-methyl/N-ethyl adjacent to an activating group) is 1. The van der Waals surface area contributed by atoms with Gasteiger partial charge in [-0.15, -0.1) is 0 Å². The molecule has 1 atom stereocenters. The van der Waals surface area contributed by atoms with E-state index < -0.39 is 0 Å². The summed E-state index contributed by atoms with van der Waals surface area (Å²) in [6.45, 7) is 5.73. The molecular weight excluding hydrogens is 226 g/mol. The third-order valence-corrected chi connectivity index (χ3v) is 3.46. The average molecular weight is 247 g/mol. The Morgan fingerprint density at radius 3 is 2.39 bits per heavy atom. The van der Waals surface area contributed by atoms with Crippen molar-refractivity contribution in [1.82, 2.24) is 15.3 Å². The third-order valence-electron chi connectivity index (χ3n) is 3.46. The minimum atomic E-state index is -0.106. The van der Waals surface area contributed by atoms with Gasteiger partial charge in [-0.05, 0) is 19.5 Å². The fourth-order valence-corrected chi connectivity index (χ4v) is 2.06. The predicted molar refractivity (Wildman–Crippen MR) is 72.1 cm³/mol. The van der Waals surface area contributed by atoms with Gasteiger partial charge in [0, 0.05) is 26.2 Å². The number of benzene rings is 1. The maximum Gasteiger partial charge on any atom is 0.241 e. The molecule has 0 aromatic heterocycles. The standard InChI is InChI=1S/C14H21N3O/c1-12(13-6-4-3-5-7-13)14(18)15-17-10-8-16(2)9-11-17/h3-7,12H,8-11H2,1-2H3,(H,15,18). The van der Waals surface area contributed by atoms with E-state index in [0.717, 1.165) is 31.7 Å². The highest BCUT2D eigenvalue weighted by atomic mass is 16.2. The van der Waals surface area contributed by atoms with Gasteiger partial charge >= 0.3 is 0 Å². The summed E-state index contributed by atoms with van der Waals surface area (Å²) in [6.07, 6.45) is 0. The van der Waals surface area contributed by atoms with Gasteiger partial charge in [0.15, 0.2) is 0 Å². The van der Waals surface area contributed by atoms with Crippen LogP contribution in [0.15, 0.2) is 30.3 Å². The number of nitrogens with one attached hydrogen (secondary N) is 1. The highest BCUT2D eigenvalue weighted by Crippen LogP contribution is 2.14. The Balaban J connectivity index is 1.88. The van der Waals surface area contributed by atoms with Crippen molar-refractivity contribution in [2.45, 2.75) is 12.8 Å². The maximum absolute atomic E-state index is 12.1. The molecule has 0 spiro atoms. The Bertz CT molecular complexity index is 385.